The minimum atomic E-state index is -2.80. The monoisotopic (exact) mass is 474 g/mol. The van der Waals surface area contributed by atoms with Crippen molar-refractivity contribution in [3.63, 3.8) is 0 Å². The van der Waals surface area contributed by atoms with Crippen LogP contribution in [0.2, 0.25) is 0 Å². The molecule has 180 valence electrons. The van der Waals surface area contributed by atoms with Gasteiger partial charge in [0.15, 0.2) is 5.82 Å². The zero-order valence-corrected chi connectivity index (χ0v) is 17.7. The predicted octanol–water partition coefficient (Wildman–Crippen LogP) is 5.42. The first kappa shape index (κ1) is 23.5. The topological polar surface area (TPSA) is 80.8 Å². The lowest BCUT2D eigenvalue weighted by molar-refractivity contribution is -0.0459. The van der Waals surface area contributed by atoms with E-state index in [0.717, 1.165) is 6.07 Å². The van der Waals surface area contributed by atoms with E-state index in [2.05, 4.69) is 19.9 Å². The normalized spacial score (nSPS) is 21.3. The lowest BCUT2D eigenvalue weighted by Gasteiger charge is -2.43. The van der Waals surface area contributed by atoms with Crippen molar-refractivity contribution < 1.29 is 26.3 Å². The summed E-state index contributed by atoms with van der Waals surface area (Å²) in [6.45, 7) is 0. The maximum atomic E-state index is 13.8. The van der Waals surface area contributed by atoms with Crippen molar-refractivity contribution in [3.05, 3.63) is 23.9 Å². The van der Waals surface area contributed by atoms with Gasteiger partial charge in [0, 0.05) is 37.8 Å². The van der Waals surface area contributed by atoms with E-state index in [0.29, 0.717) is 0 Å². The molecule has 2 aliphatic carbocycles. The molecule has 0 radical (unpaired) electrons. The SMILES string of the molecule is Nc1nc(-c2cccc(C(F)F)n2)nc(N(C2CCC(F)(F)CC2)C2CCC(F)(F)CC2)n1. The molecule has 2 fully saturated rings. The van der Waals surface area contributed by atoms with Crippen molar-refractivity contribution in [2.75, 3.05) is 10.6 Å². The summed E-state index contributed by atoms with van der Waals surface area (Å²) in [6.07, 6.45) is -3.57. The quantitative estimate of drug-likeness (QED) is 0.584. The predicted molar refractivity (Wildman–Crippen MR) is 109 cm³/mol. The number of alkyl halides is 6. The zero-order valence-electron chi connectivity index (χ0n) is 17.7. The lowest BCUT2D eigenvalue weighted by Crippen LogP contribution is -2.50. The van der Waals surface area contributed by atoms with Gasteiger partial charge < -0.3 is 10.6 Å². The van der Waals surface area contributed by atoms with Gasteiger partial charge in [-0.2, -0.15) is 15.0 Å². The molecular formula is C21H24F6N6. The third-order valence-electron chi connectivity index (χ3n) is 6.26. The number of hydrogen-bond donors (Lipinski definition) is 1. The maximum absolute atomic E-state index is 13.8. The van der Waals surface area contributed by atoms with Crippen molar-refractivity contribution in [1.29, 1.82) is 0 Å². The summed E-state index contributed by atoms with van der Waals surface area (Å²) in [5.41, 5.74) is 5.46. The van der Waals surface area contributed by atoms with Gasteiger partial charge in [-0.1, -0.05) is 6.07 Å². The molecule has 2 aliphatic rings. The zero-order chi connectivity index (χ0) is 23.8. The van der Waals surface area contributed by atoms with E-state index in [9.17, 15) is 26.3 Å². The highest BCUT2D eigenvalue weighted by atomic mass is 19.3. The Kier molecular flexibility index (Phi) is 6.37. The number of nitrogen functional groups attached to an aromatic ring is 1. The fourth-order valence-corrected chi connectivity index (χ4v) is 4.54. The van der Waals surface area contributed by atoms with Gasteiger partial charge in [-0.15, -0.1) is 0 Å². The first-order valence-electron chi connectivity index (χ1n) is 10.8. The van der Waals surface area contributed by atoms with Crippen LogP contribution in [0.1, 0.15) is 63.5 Å². The van der Waals surface area contributed by atoms with Crippen LogP contribution in [0, 0.1) is 0 Å². The molecule has 2 heterocycles. The largest absolute Gasteiger partial charge is 0.368 e. The van der Waals surface area contributed by atoms with E-state index in [1.807, 2.05) is 0 Å². The molecule has 0 bridgehead atoms. The van der Waals surface area contributed by atoms with Gasteiger partial charge in [-0.3, -0.25) is 0 Å². The van der Waals surface area contributed by atoms with Crippen molar-refractivity contribution in [2.45, 2.75) is 81.7 Å². The van der Waals surface area contributed by atoms with E-state index in [1.54, 1.807) is 4.90 Å². The molecule has 0 spiro atoms. The minimum Gasteiger partial charge on any atom is -0.368 e. The Morgan fingerprint density at radius 2 is 1.36 bits per heavy atom. The van der Waals surface area contributed by atoms with Crippen LogP contribution in [0.25, 0.3) is 11.5 Å². The average molecular weight is 474 g/mol. The number of hydrogen-bond acceptors (Lipinski definition) is 6. The molecule has 0 amide bonds. The molecule has 0 aliphatic heterocycles. The van der Waals surface area contributed by atoms with Crippen molar-refractivity contribution >= 4 is 11.9 Å². The number of nitrogens with two attached hydrogens (primary N) is 1. The molecule has 2 N–H and O–H groups in total. The third-order valence-corrected chi connectivity index (χ3v) is 6.26. The van der Waals surface area contributed by atoms with E-state index in [1.165, 1.54) is 12.1 Å². The van der Waals surface area contributed by atoms with Gasteiger partial charge >= 0.3 is 0 Å². The number of aromatic nitrogens is 4. The van der Waals surface area contributed by atoms with E-state index >= 15 is 0 Å². The Bertz CT molecular complexity index is 939. The number of halogens is 6. The minimum absolute atomic E-state index is 0.0488. The summed E-state index contributed by atoms with van der Waals surface area (Å²) >= 11 is 0. The molecule has 0 saturated heterocycles. The highest BCUT2D eigenvalue weighted by molar-refractivity contribution is 5.54. The van der Waals surface area contributed by atoms with Crippen LogP contribution in [-0.4, -0.2) is 43.9 Å². The Labute approximate surface area is 186 Å². The first-order chi connectivity index (χ1) is 15.5. The van der Waals surface area contributed by atoms with Crippen LogP contribution in [0.4, 0.5) is 38.2 Å². The molecular weight excluding hydrogens is 450 g/mol. The molecule has 4 rings (SSSR count). The number of pyridine rings is 1. The summed E-state index contributed by atoms with van der Waals surface area (Å²) in [5, 5.41) is 0. The fraction of sp³-hybridized carbons (Fsp3) is 0.619. The summed E-state index contributed by atoms with van der Waals surface area (Å²) in [6, 6.07) is 3.20. The fourth-order valence-electron chi connectivity index (χ4n) is 4.54. The molecule has 2 saturated carbocycles. The summed E-state index contributed by atoms with van der Waals surface area (Å²) in [4.78, 5) is 18.1. The second-order valence-electron chi connectivity index (χ2n) is 8.65. The summed E-state index contributed by atoms with van der Waals surface area (Å²) in [7, 11) is 0. The second kappa shape index (κ2) is 8.94. The Morgan fingerprint density at radius 1 is 0.818 bits per heavy atom. The van der Waals surface area contributed by atoms with E-state index in [-0.39, 0.29) is 74.8 Å². The Balaban J connectivity index is 1.70. The standard InChI is InChI=1S/C21H24F6N6/c22-16(23)14-2-1-3-15(29-14)17-30-18(28)32-19(31-17)33(12-4-8-20(24,25)9-5-12)13-6-10-21(26,27)11-7-13/h1-3,12-13,16H,4-11H2,(H2,28,30,31,32). The van der Waals surface area contributed by atoms with Crippen LogP contribution in [-0.2, 0) is 0 Å². The van der Waals surface area contributed by atoms with Crippen LogP contribution >= 0.6 is 0 Å². The molecule has 12 heteroatoms. The van der Waals surface area contributed by atoms with Crippen molar-refractivity contribution in [2.24, 2.45) is 0 Å². The van der Waals surface area contributed by atoms with Crippen LogP contribution < -0.4 is 10.6 Å². The van der Waals surface area contributed by atoms with Crippen molar-refractivity contribution in [1.82, 2.24) is 19.9 Å². The Hall–Kier alpha value is -2.66. The number of nitrogens with zero attached hydrogens (tertiary/aromatic N) is 5. The van der Waals surface area contributed by atoms with E-state index in [4.69, 9.17) is 5.73 Å². The molecule has 0 unspecified atom stereocenters. The molecule has 2 aromatic heterocycles. The molecule has 33 heavy (non-hydrogen) atoms. The molecule has 0 aromatic carbocycles. The second-order valence-corrected chi connectivity index (χ2v) is 8.65. The summed E-state index contributed by atoms with van der Waals surface area (Å²) in [5.74, 6) is -5.74. The smallest absolute Gasteiger partial charge is 0.280 e. The average Bonchev–Trinajstić information content (AvgIpc) is 2.76. The van der Waals surface area contributed by atoms with Gasteiger partial charge in [0.2, 0.25) is 23.7 Å². The highest BCUT2D eigenvalue weighted by Crippen LogP contribution is 2.41. The van der Waals surface area contributed by atoms with Crippen LogP contribution in [0.5, 0.6) is 0 Å². The van der Waals surface area contributed by atoms with E-state index < -0.39 is 36.0 Å². The molecule has 2 aromatic rings. The Morgan fingerprint density at radius 3 is 1.88 bits per heavy atom. The van der Waals surface area contributed by atoms with Gasteiger partial charge in [-0.05, 0) is 37.8 Å². The maximum Gasteiger partial charge on any atom is 0.280 e. The number of rotatable bonds is 5. The third kappa shape index (κ3) is 5.47. The first-order valence-corrected chi connectivity index (χ1v) is 10.8. The van der Waals surface area contributed by atoms with Gasteiger partial charge in [0.1, 0.15) is 11.4 Å². The number of anilines is 2. The molecule has 0 atom stereocenters. The lowest BCUT2D eigenvalue weighted by atomic mass is 9.86. The van der Waals surface area contributed by atoms with Gasteiger partial charge in [0.05, 0.1) is 0 Å². The van der Waals surface area contributed by atoms with Crippen LogP contribution in [0.15, 0.2) is 18.2 Å². The highest BCUT2D eigenvalue weighted by Gasteiger charge is 2.43. The summed E-state index contributed by atoms with van der Waals surface area (Å²) < 4.78 is 81.3. The molecule has 6 nitrogen and oxygen atoms in total. The van der Waals surface area contributed by atoms with Crippen LogP contribution in [0.3, 0.4) is 0 Å². The van der Waals surface area contributed by atoms with Gasteiger partial charge in [-0.25, -0.2) is 31.3 Å². The van der Waals surface area contributed by atoms with Gasteiger partial charge in [0.25, 0.3) is 6.43 Å². The van der Waals surface area contributed by atoms with Crippen molar-refractivity contribution in [3.8, 4) is 11.5 Å².